The highest BCUT2D eigenvalue weighted by molar-refractivity contribution is 7.80. The Kier molecular flexibility index (Phi) is 6.68. The maximum absolute atomic E-state index is 11.8. The monoisotopic (exact) mass is 372 g/mol. The van der Waals surface area contributed by atoms with Gasteiger partial charge in [0, 0.05) is 5.69 Å². The molecule has 0 aromatic heterocycles. The van der Waals surface area contributed by atoms with Crippen LogP contribution < -0.4 is 10.6 Å². The van der Waals surface area contributed by atoms with E-state index in [0.717, 1.165) is 5.56 Å². The summed E-state index contributed by atoms with van der Waals surface area (Å²) in [6.45, 7) is 1.98. The van der Waals surface area contributed by atoms with E-state index < -0.39 is 11.9 Å². The highest BCUT2D eigenvalue weighted by Crippen LogP contribution is 2.18. The molecular weight excluding hydrogens is 352 g/mol. The first-order chi connectivity index (χ1) is 12.4. The van der Waals surface area contributed by atoms with Crippen LogP contribution in [-0.4, -0.2) is 31.3 Å². The van der Waals surface area contributed by atoms with Gasteiger partial charge in [0.1, 0.15) is 0 Å². The Hall–Kier alpha value is -2.93. The molecule has 2 aromatic carbocycles. The zero-order chi connectivity index (χ0) is 19.1. The fourth-order valence-electron chi connectivity index (χ4n) is 2.36. The Balaban J connectivity index is 2.17. The van der Waals surface area contributed by atoms with E-state index in [1.54, 1.807) is 12.1 Å². The second-order valence-electron chi connectivity index (χ2n) is 5.51. The van der Waals surface area contributed by atoms with Crippen molar-refractivity contribution in [2.75, 3.05) is 19.5 Å². The fourth-order valence-corrected chi connectivity index (χ4v) is 2.65. The minimum Gasteiger partial charge on any atom is -0.465 e. The number of carbonyl (C=O) groups excluding carboxylic acids is 2. The summed E-state index contributed by atoms with van der Waals surface area (Å²) < 4.78 is 9.44. The summed E-state index contributed by atoms with van der Waals surface area (Å²) >= 11 is 5.33. The predicted octanol–water partition coefficient (Wildman–Crippen LogP) is 3.31. The topological polar surface area (TPSA) is 76.7 Å². The van der Waals surface area contributed by atoms with E-state index in [1.165, 1.54) is 20.3 Å². The van der Waals surface area contributed by atoms with Crippen LogP contribution in [0.2, 0.25) is 0 Å². The van der Waals surface area contributed by atoms with E-state index >= 15 is 0 Å². The van der Waals surface area contributed by atoms with Crippen LogP contribution in [-0.2, 0) is 9.47 Å². The van der Waals surface area contributed by atoms with Crippen molar-refractivity contribution in [1.82, 2.24) is 5.32 Å². The van der Waals surface area contributed by atoms with Gasteiger partial charge in [-0.2, -0.15) is 0 Å². The number of thiocarbonyl (C=S) groups is 1. The molecule has 0 aliphatic rings. The Morgan fingerprint density at radius 3 is 2.00 bits per heavy atom. The van der Waals surface area contributed by atoms with Crippen molar-refractivity contribution in [1.29, 1.82) is 0 Å². The van der Waals surface area contributed by atoms with Crippen LogP contribution >= 0.6 is 12.2 Å². The molecule has 1 atom stereocenters. The quantitative estimate of drug-likeness (QED) is 0.616. The van der Waals surface area contributed by atoms with E-state index in [1.807, 2.05) is 37.3 Å². The van der Waals surface area contributed by atoms with E-state index in [4.69, 9.17) is 21.7 Å². The number of ether oxygens (including phenoxy) is 2. The van der Waals surface area contributed by atoms with Crippen molar-refractivity contribution in [3.8, 4) is 0 Å². The molecule has 7 heteroatoms. The average Bonchev–Trinajstić information content (AvgIpc) is 2.66. The first-order valence-electron chi connectivity index (χ1n) is 7.88. The van der Waals surface area contributed by atoms with Crippen LogP contribution in [0.1, 0.15) is 39.2 Å². The standard InChI is InChI=1S/C19H20N2O4S/c1-12(13-7-5-4-6-8-13)20-19(26)21-16-10-14(17(22)24-2)9-15(11-16)18(23)25-3/h4-12H,1-3H3,(H2,20,21,26). The van der Waals surface area contributed by atoms with E-state index in [2.05, 4.69) is 10.6 Å². The molecule has 0 saturated heterocycles. The highest BCUT2D eigenvalue weighted by atomic mass is 32.1. The van der Waals surface area contributed by atoms with Crippen LogP contribution in [0, 0.1) is 0 Å². The Bertz CT molecular complexity index is 774. The van der Waals surface area contributed by atoms with E-state index in [9.17, 15) is 9.59 Å². The molecule has 2 N–H and O–H groups in total. The van der Waals surface area contributed by atoms with E-state index in [-0.39, 0.29) is 17.2 Å². The lowest BCUT2D eigenvalue weighted by atomic mass is 10.1. The second kappa shape index (κ2) is 8.96. The number of hydrogen-bond donors (Lipinski definition) is 2. The zero-order valence-electron chi connectivity index (χ0n) is 14.7. The highest BCUT2D eigenvalue weighted by Gasteiger charge is 2.15. The molecule has 0 fully saturated rings. The molecule has 0 aliphatic heterocycles. The molecule has 0 spiro atoms. The number of nitrogens with one attached hydrogen (secondary N) is 2. The number of rotatable bonds is 5. The minimum absolute atomic E-state index is 0.0138. The lowest BCUT2D eigenvalue weighted by molar-refractivity contribution is 0.0599. The Labute approximate surface area is 157 Å². The smallest absolute Gasteiger partial charge is 0.337 e. The third-order valence-corrected chi connectivity index (χ3v) is 3.90. The first kappa shape index (κ1) is 19.4. The molecule has 6 nitrogen and oxygen atoms in total. The van der Waals surface area contributed by atoms with Crippen molar-refractivity contribution >= 4 is 35.0 Å². The van der Waals surface area contributed by atoms with Gasteiger partial charge >= 0.3 is 11.9 Å². The van der Waals surface area contributed by atoms with E-state index in [0.29, 0.717) is 10.8 Å². The zero-order valence-corrected chi connectivity index (χ0v) is 15.6. The van der Waals surface area contributed by atoms with Gasteiger partial charge in [0.2, 0.25) is 0 Å². The molecule has 0 amide bonds. The normalized spacial score (nSPS) is 11.2. The summed E-state index contributed by atoms with van der Waals surface area (Å²) in [6, 6.07) is 14.3. The molecule has 1 unspecified atom stereocenters. The molecule has 0 bridgehead atoms. The third kappa shape index (κ3) is 5.03. The molecule has 0 aliphatic carbocycles. The number of hydrogen-bond acceptors (Lipinski definition) is 5. The lowest BCUT2D eigenvalue weighted by Gasteiger charge is -2.18. The van der Waals surface area contributed by atoms with Gasteiger partial charge in [0.25, 0.3) is 0 Å². The molecule has 0 saturated carbocycles. The number of methoxy groups -OCH3 is 2. The van der Waals surface area contributed by atoms with Gasteiger partial charge in [-0.25, -0.2) is 9.59 Å². The number of anilines is 1. The summed E-state index contributed by atoms with van der Waals surface area (Å²) in [5, 5.41) is 6.50. The largest absolute Gasteiger partial charge is 0.465 e. The van der Waals surface area contributed by atoms with Crippen LogP contribution in [0.25, 0.3) is 0 Å². The molecular formula is C19H20N2O4S. The molecule has 0 heterocycles. The van der Waals surface area contributed by atoms with Crippen molar-refractivity contribution in [2.45, 2.75) is 13.0 Å². The van der Waals surface area contributed by atoms with Crippen LogP contribution in [0.15, 0.2) is 48.5 Å². The van der Waals surface area contributed by atoms with Gasteiger partial charge in [-0.1, -0.05) is 30.3 Å². The summed E-state index contributed by atoms with van der Waals surface area (Å²) in [5.41, 5.74) is 2.00. The van der Waals surface area contributed by atoms with Gasteiger partial charge in [-0.15, -0.1) is 0 Å². The molecule has 2 aromatic rings. The third-order valence-electron chi connectivity index (χ3n) is 3.68. The maximum atomic E-state index is 11.8. The maximum Gasteiger partial charge on any atom is 0.337 e. The number of esters is 2. The molecule has 0 radical (unpaired) electrons. The molecule has 136 valence electrons. The van der Waals surface area contributed by atoms with Crippen LogP contribution in [0.5, 0.6) is 0 Å². The summed E-state index contributed by atoms with van der Waals surface area (Å²) in [5.74, 6) is -1.12. The van der Waals surface area contributed by atoms with Gasteiger partial charge in [-0.3, -0.25) is 0 Å². The molecule has 26 heavy (non-hydrogen) atoms. The van der Waals surface area contributed by atoms with Gasteiger partial charge in [-0.05, 0) is 42.9 Å². The predicted molar refractivity (Wildman–Crippen MR) is 103 cm³/mol. The fraction of sp³-hybridized carbons (Fsp3) is 0.211. The lowest BCUT2D eigenvalue weighted by Crippen LogP contribution is -2.31. The van der Waals surface area contributed by atoms with Gasteiger partial charge in [0.05, 0.1) is 31.4 Å². The summed E-state index contributed by atoms with van der Waals surface area (Å²) in [7, 11) is 2.54. The van der Waals surface area contributed by atoms with Crippen molar-refractivity contribution in [3.05, 3.63) is 65.2 Å². The van der Waals surface area contributed by atoms with Gasteiger partial charge < -0.3 is 20.1 Å². The first-order valence-corrected chi connectivity index (χ1v) is 8.29. The number of benzene rings is 2. The SMILES string of the molecule is COC(=O)c1cc(NC(=S)NC(C)c2ccccc2)cc(C(=O)OC)c1. The Morgan fingerprint density at radius 2 is 1.50 bits per heavy atom. The van der Waals surface area contributed by atoms with Gasteiger partial charge in [0.15, 0.2) is 5.11 Å². The second-order valence-corrected chi connectivity index (χ2v) is 5.92. The number of carbonyl (C=O) groups is 2. The Morgan fingerprint density at radius 1 is 0.962 bits per heavy atom. The van der Waals surface area contributed by atoms with Crippen molar-refractivity contribution in [3.63, 3.8) is 0 Å². The van der Waals surface area contributed by atoms with Crippen molar-refractivity contribution < 1.29 is 19.1 Å². The average molecular weight is 372 g/mol. The summed E-state index contributed by atoms with van der Waals surface area (Å²) in [6.07, 6.45) is 0. The van der Waals surface area contributed by atoms with Crippen molar-refractivity contribution in [2.24, 2.45) is 0 Å². The molecule has 2 rings (SSSR count). The van der Waals surface area contributed by atoms with Crippen LogP contribution in [0.4, 0.5) is 5.69 Å². The van der Waals surface area contributed by atoms with Crippen LogP contribution in [0.3, 0.4) is 0 Å². The summed E-state index contributed by atoms with van der Waals surface area (Å²) in [4.78, 5) is 23.7. The minimum atomic E-state index is -0.560.